The first-order chi connectivity index (χ1) is 20.8. The molecule has 0 N–H and O–H groups in total. The van der Waals surface area contributed by atoms with Crippen LogP contribution in [0, 0.1) is 18.3 Å². The zero-order valence-electron chi connectivity index (χ0n) is 24.9. The van der Waals surface area contributed by atoms with Gasteiger partial charge in [0.15, 0.2) is 11.0 Å². The molecule has 3 aliphatic heterocycles. The fourth-order valence-electron chi connectivity index (χ4n) is 6.80. The van der Waals surface area contributed by atoms with Crippen LogP contribution in [0.1, 0.15) is 36.1 Å². The molecule has 8 nitrogen and oxygen atoms in total. The van der Waals surface area contributed by atoms with E-state index >= 15 is 0 Å². The van der Waals surface area contributed by atoms with Gasteiger partial charge in [-0.15, -0.1) is 0 Å². The number of benzene rings is 2. The Morgan fingerprint density at radius 1 is 1.12 bits per heavy atom. The number of nitriles is 1. The Hall–Kier alpha value is -3.68. The number of piperazine rings is 1. The van der Waals surface area contributed by atoms with E-state index in [1.54, 1.807) is 11.8 Å². The highest BCUT2D eigenvalue weighted by Gasteiger charge is 2.35. The Balaban J connectivity index is 1.34. The summed E-state index contributed by atoms with van der Waals surface area (Å²) in [6.07, 6.45) is 3.30. The number of anilines is 2. The maximum absolute atomic E-state index is 13.8. The van der Waals surface area contributed by atoms with Gasteiger partial charge in [-0.05, 0) is 56.8 Å². The number of likely N-dealkylation sites (tertiary alicyclic amines) is 1. The van der Waals surface area contributed by atoms with Crippen LogP contribution in [0.15, 0.2) is 54.0 Å². The van der Waals surface area contributed by atoms with Crippen LogP contribution < -0.4 is 9.80 Å². The van der Waals surface area contributed by atoms with Crippen molar-refractivity contribution in [3.05, 3.63) is 65.6 Å². The van der Waals surface area contributed by atoms with Gasteiger partial charge in [-0.1, -0.05) is 48.7 Å². The molecule has 2 aromatic carbocycles. The van der Waals surface area contributed by atoms with E-state index in [0.717, 1.165) is 47.5 Å². The van der Waals surface area contributed by atoms with Crippen molar-refractivity contribution in [3.63, 3.8) is 0 Å². The number of aromatic nitrogens is 2. The molecule has 1 amide bonds. The lowest BCUT2D eigenvalue weighted by molar-refractivity contribution is -0.131. The smallest absolute Gasteiger partial charge is 0.282 e. The molecule has 0 aliphatic carbocycles. The lowest BCUT2D eigenvalue weighted by Gasteiger charge is -2.42. The molecule has 6 rings (SSSR count). The van der Waals surface area contributed by atoms with Crippen molar-refractivity contribution in [1.82, 2.24) is 19.8 Å². The van der Waals surface area contributed by atoms with E-state index < -0.39 is 17.8 Å². The summed E-state index contributed by atoms with van der Waals surface area (Å²) in [5, 5.41) is 12.8. The zero-order valence-corrected chi connectivity index (χ0v) is 25.7. The van der Waals surface area contributed by atoms with Crippen molar-refractivity contribution in [2.45, 2.75) is 56.4 Å². The molecule has 0 saturated carbocycles. The van der Waals surface area contributed by atoms with Gasteiger partial charge < -0.3 is 19.6 Å². The monoisotopic (exact) mass is 599 g/mol. The second kappa shape index (κ2) is 12.5. The lowest BCUT2D eigenvalue weighted by atomic mass is 9.99. The summed E-state index contributed by atoms with van der Waals surface area (Å²) in [6, 6.07) is 15.2. The molecule has 2 fully saturated rings. The molecule has 2 unspecified atom stereocenters. The number of hydrogen-bond donors (Lipinski definition) is 0. The molecule has 4 heterocycles. The maximum atomic E-state index is 13.8. The highest BCUT2D eigenvalue weighted by Crippen LogP contribution is 2.36. The molecular formula is C33H38FN7OS. The molecule has 3 aliphatic rings. The van der Waals surface area contributed by atoms with E-state index in [4.69, 9.17) is 9.97 Å². The Morgan fingerprint density at radius 3 is 2.67 bits per heavy atom. The fraction of sp³-hybridized carbons (Fsp3) is 0.455. The van der Waals surface area contributed by atoms with Gasteiger partial charge in [-0.2, -0.15) is 5.26 Å². The summed E-state index contributed by atoms with van der Waals surface area (Å²) in [5.41, 5.74) is 4.62. The first-order valence-corrected chi connectivity index (χ1v) is 16.1. The SMILES string of the molecule is C=C(F)C(=O)N1CCN(c2nc(SCC3CCCN3C)nc3c2CCN(c2cccc4cccc(C)c24)C3)CC1CC#N. The van der Waals surface area contributed by atoms with Crippen LogP contribution in [-0.2, 0) is 17.8 Å². The highest BCUT2D eigenvalue weighted by molar-refractivity contribution is 7.99. The van der Waals surface area contributed by atoms with Gasteiger partial charge in [0, 0.05) is 54.6 Å². The van der Waals surface area contributed by atoms with Crippen LogP contribution in [0.5, 0.6) is 0 Å². The molecule has 10 heteroatoms. The molecule has 3 aromatic rings. The molecular weight excluding hydrogens is 561 g/mol. The number of halogens is 1. The minimum atomic E-state index is -0.991. The molecule has 43 heavy (non-hydrogen) atoms. The summed E-state index contributed by atoms with van der Waals surface area (Å²) in [6.45, 7) is 9.22. The normalized spacial score (nSPS) is 20.7. The Labute approximate surface area is 257 Å². The van der Waals surface area contributed by atoms with E-state index in [1.807, 2.05) is 0 Å². The average Bonchev–Trinajstić information content (AvgIpc) is 3.43. The van der Waals surface area contributed by atoms with Crippen LogP contribution in [0.2, 0.25) is 0 Å². The number of nitrogens with zero attached hydrogens (tertiary/aromatic N) is 7. The number of hydrogen-bond acceptors (Lipinski definition) is 8. The standard InChI is InChI=1S/C33H38FN7OS/c1-22-7-4-8-24-9-5-11-29(30(22)24)39-16-13-27-28(20-39)36-33(43-21-26-10-6-15-38(26)3)37-31(27)40-17-18-41(32(42)23(2)34)25(19-40)12-14-35/h4-5,7-9,11,25-26H,2,6,10,12-13,15-21H2,1,3H3. The summed E-state index contributed by atoms with van der Waals surface area (Å²) >= 11 is 1.71. The minimum Gasteiger partial charge on any atom is -0.365 e. The topological polar surface area (TPSA) is 79.6 Å². The van der Waals surface area contributed by atoms with E-state index in [1.165, 1.54) is 39.8 Å². The molecule has 224 valence electrons. The van der Waals surface area contributed by atoms with Gasteiger partial charge in [0.25, 0.3) is 5.91 Å². The minimum absolute atomic E-state index is 0.118. The van der Waals surface area contributed by atoms with Crippen molar-refractivity contribution in [2.75, 3.05) is 55.3 Å². The van der Waals surface area contributed by atoms with Crippen molar-refractivity contribution in [3.8, 4) is 6.07 Å². The van der Waals surface area contributed by atoms with Crippen LogP contribution in [-0.4, -0.2) is 83.3 Å². The van der Waals surface area contributed by atoms with E-state index in [0.29, 0.717) is 32.2 Å². The zero-order chi connectivity index (χ0) is 30.1. The Kier molecular flexibility index (Phi) is 8.55. The van der Waals surface area contributed by atoms with E-state index in [-0.39, 0.29) is 6.42 Å². The number of thioether (sulfide) groups is 1. The van der Waals surface area contributed by atoms with Gasteiger partial charge >= 0.3 is 0 Å². The van der Waals surface area contributed by atoms with Crippen LogP contribution in [0.25, 0.3) is 10.8 Å². The molecule has 0 radical (unpaired) electrons. The van der Waals surface area contributed by atoms with Gasteiger partial charge in [-0.25, -0.2) is 14.4 Å². The lowest BCUT2D eigenvalue weighted by Crippen LogP contribution is -2.55. The van der Waals surface area contributed by atoms with Crippen molar-refractivity contribution in [1.29, 1.82) is 5.26 Å². The van der Waals surface area contributed by atoms with Gasteiger partial charge in [-0.3, -0.25) is 4.79 Å². The maximum Gasteiger partial charge on any atom is 0.282 e. The summed E-state index contributed by atoms with van der Waals surface area (Å²) in [4.78, 5) is 31.3. The number of rotatable bonds is 7. The molecule has 2 atom stereocenters. The molecule has 0 bridgehead atoms. The number of aryl methyl sites for hydroxylation is 1. The number of carbonyl (C=O) groups excluding carboxylic acids is 1. The van der Waals surface area contributed by atoms with E-state index in [9.17, 15) is 14.4 Å². The Bertz CT molecular complexity index is 1580. The van der Waals surface area contributed by atoms with Crippen LogP contribution in [0.3, 0.4) is 0 Å². The quantitative estimate of drug-likeness (QED) is 0.211. The van der Waals surface area contributed by atoms with Gasteiger partial charge in [0.2, 0.25) is 0 Å². The van der Waals surface area contributed by atoms with Crippen molar-refractivity contribution < 1.29 is 9.18 Å². The third-order valence-electron chi connectivity index (χ3n) is 9.13. The number of carbonyl (C=O) groups is 1. The van der Waals surface area contributed by atoms with E-state index in [2.05, 4.69) is 77.7 Å². The summed E-state index contributed by atoms with van der Waals surface area (Å²) < 4.78 is 13.8. The second-order valence-corrected chi connectivity index (χ2v) is 12.8. The average molecular weight is 600 g/mol. The summed E-state index contributed by atoms with van der Waals surface area (Å²) in [7, 11) is 2.18. The van der Waals surface area contributed by atoms with Crippen molar-refractivity contribution in [2.24, 2.45) is 0 Å². The van der Waals surface area contributed by atoms with Gasteiger partial charge in [0.1, 0.15) is 5.82 Å². The largest absolute Gasteiger partial charge is 0.365 e. The molecule has 1 aromatic heterocycles. The third kappa shape index (κ3) is 5.93. The molecule has 2 saturated heterocycles. The van der Waals surface area contributed by atoms with Gasteiger partial charge in [0.05, 0.1) is 30.8 Å². The van der Waals surface area contributed by atoms with Crippen LogP contribution in [0.4, 0.5) is 15.9 Å². The predicted molar refractivity (Wildman–Crippen MR) is 170 cm³/mol. The third-order valence-corrected chi connectivity index (χ3v) is 10.1. The number of fused-ring (bicyclic) bond motifs is 2. The first-order valence-electron chi connectivity index (χ1n) is 15.1. The first kappa shape index (κ1) is 29.4. The number of amides is 1. The van der Waals surface area contributed by atoms with Crippen molar-refractivity contribution >= 4 is 39.9 Å². The Morgan fingerprint density at radius 2 is 1.93 bits per heavy atom. The molecule has 0 spiro atoms. The van der Waals surface area contributed by atoms with Crippen LogP contribution >= 0.6 is 11.8 Å². The summed E-state index contributed by atoms with van der Waals surface area (Å²) in [5.74, 6) is 0.0895. The predicted octanol–water partition coefficient (Wildman–Crippen LogP) is 5.10. The highest BCUT2D eigenvalue weighted by atomic mass is 32.2. The fourth-order valence-corrected chi connectivity index (χ4v) is 7.89. The second-order valence-electron chi connectivity index (χ2n) is 11.8.